The first kappa shape index (κ1) is 24.3. The molecule has 36 heavy (non-hydrogen) atoms. The third kappa shape index (κ3) is 4.72. The van der Waals surface area contributed by atoms with Crippen LogP contribution in [0.3, 0.4) is 0 Å². The van der Waals surface area contributed by atoms with Crippen molar-refractivity contribution in [1.82, 2.24) is 0 Å². The molecule has 0 spiro atoms. The molecular weight excluding hydrogens is 464 g/mol. The minimum Gasteiger partial charge on any atom is -0.462 e. The van der Waals surface area contributed by atoms with Gasteiger partial charge in [0.05, 0.1) is 41.2 Å². The third-order valence-corrected chi connectivity index (χ3v) is 5.44. The molecular formula is C27H22N2O7. The Hall–Kier alpha value is -4.79. The highest BCUT2D eigenvalue weighted by Crippen LogP contribution is 2.29. The lowest BCUT2D eigenvalue weighted by atomic mass is 10.1. The maximum absolute atomic E-state index is 13.0. The first-order valence-corrected chi connectivity index (χ1v) is 11.2. The van der Waals surface area contributed by atoms with Crippen LogP contribution in [0.1, 0.15) is 65.6 Å². The van der Waals surface area contributed by atoms with Crippen molar-refractivity contribution in [3.63, 3.8) is 0 Å². The molecule has 0 fully saturated rings. The summed E-state index contributed by atoms with van der Waals surface area (Å²) in [6, 6.07) is 16.5. The summed E-state index contributed by atoms with van der Waals surface area (Å²) in [5.41, 5.74) is 1.91. The highest BCUT2D eigenvalue weighted by atomic mass is 16.5. The van der Waals surface area contributed by atoms with Crippen LogP contribution in [0.5, 0.6) is 0 Å². The van der Waals surface area contributed by atoms with Gasteiger partial charge >= 0.3 is 11.9 Å². The number of ether oxygens (including phenoxy) is 2. The molecule has 1 aliphatic heterocycles. The lowest BCUT2D eigenvalue weighted by Gasteiger charge is -2.14. The Kier molecular flexibility index (Phi) is 6.91. The average Bonchev–Trinajstić information content (AvgIpc) is 3.14. The quantitative estimate of drug-likeness (QED) is 0.395. The van der Waals surface area contributed by atoms with Crippen LogP contribution in [0.15, 0.2) is 66.7 Å². The van der Waals surface area contributed by atoms with Crippen LogP contribution in [0, 0.1) is 0 Å². The number of amides is 3. The van der Waals surface area contributed by atoms with Gasteiger partial charge in [-0.25, -0.2) is 14.5 Å². The second-order valence-electron chi connectivity index (χ2n) is 7.73. The molecule has 1 heterocycles. The van der Waals surface area contributed by atoms with Crippen molar-refractivity contribution in [3.05, 3.63) is 94.5 Å². The molecule has 1 N–H and O–H groups in total. The summed E-state index contributed by atoms with van der Waals surface area (Å²) in [6.45, 7) is 3.85. The number of esters is 2. The van der Waals surface area contributed by atoms with Crippen LogP contribution >= 0.6 is 0 Å². The summed E-state index contributed by atoms with van der Waals surface area (Å²) in [7, 11) is 0. The first-order chi connectivity index (χ1) is 17.3. The zero-order chi connectivity index (χ0) is 25.8. The van der Waals surface area contributed by atoms with Gasteiger partial charge in [0, 0.05) is 11.3 Å². The number of hydrogen-bond donors (Lipinski definition) is 1. The molecule has 0 aliphatic carbocycles. The van der Waals surface area contributed by atoms with E-state index in [1.165, 1.54) is 42.5 Å². The predicted molar refractivity (Wildman–Crippen MR) is 130 cm³/mol. The standard InChI is InChI=1S/C27H22N2O7/c1-3-35-26(33)17-5-10-19(11-6-17)28-23(30)16-7-12-20(13-8-16)29-24(31)21-14-9-18(27(34)36-4-2)15-22(21)25(29)32/h5-15H,3-4H2,1-2H3,(H,28,30). The van der Waals surface area contributed by atoms with Crippen molar-refractivity contribution in [2.45, 2.75) is 13.8 Å². The van der Waals surface area contributed by atoms with Crippen LogP contribution in [0.4, 0.5) is 11.4 Å². The Bertz CT molecular complexity index is 1360. The van der Waals surface area contributed by atoms with Gasteiger partial charge in [-0.1, -0.05) is 0 Å². The van der Waals surface area contributed by atoms with Gasteiger partial charge in [0.25, 0.3) is 17.7 Å². The van der Waals surface area contributed by atoms with Gasteiger partial charge in [0.15, 0.2) is 0 Å². The molecule has 9 heteroatoms. The van der Waals surface area contributed by atoms with Gasteiger partial charge in [0.1, 0.15) is 0 Å². The van der Waals surface area contributed by atoms with Crippen LogP contribution < -0.4 is 10.2 Å². The summed E-state index contributed by atoms with van der Waals surface area (Å²) in [5.74, 6) is -2.53. The minimum absolute atomic E-state index is 0.110. The van der Waals surface area contributed by atoms with E-state index in [0.717, 1.165) is 4.90 Å². The number of fused-ring (bicyclic) bond motifs is 1. The van der Waals surface area contributed by atoms with Gasteiger partial charge in [-0.05, 0) is 80.6 Å². The van der Waals surface area contributed by atoms with Crippen LogP contribution in [-0.2, 0) is 9.47 Å². The number of hydrogen-bond acceptors (Lipinski definition) is 7. The monoisotopic (exact) mass is 486 g/mol. The zero-order valence-electron chi connectivity index (χ0n) is 19.6. The predicted octanol–water partition coefficient (Wildman–Crippen LogP) is 4.09. The SMILES string of the molecule is CCOC(=O)c1ccc(NC(=O)c2ccc(N3C(=O)c4ccc(C(=O)OCC)cc4C3=O)cc2)cc1. The van der Waals surface area contributed by atoms with E-state index < -0.39 is 29.7 Å². The number of carbonyl (C=O) groups is 5. The molecule has 0 saturated heterocycles. The average molecular weight is 486 g/mol. The van der Waals surface area contributed by atoms with E-state index in [2.05, 4.69) is 5.32 Å². The first-order valence-electron chi connectivity index (χ1n) is 11.2. The number of rotatable bonds is 7. The Morgan fingerprint density at radius 2 is 1.22 bits per heavy atom. The summed E-state index contributed by atoms with van der Waals surface area (Å²) in [4.78, 5) is 63.2. The molecule has 3 amide bonds. The highest BCUT2D eigenvalue weighted by molar-refractivity contribution is 6.34. The van der Waals surface area contributed by atoms with Crippen LogP contribution in [0.25, 0.3) is 0 Å². The fourth-order valence-corrected chi connectivity index (χ4v) is 3.69. The van der Waals surface area contributed by atoms with Crippen molar-refractivity contribution in [2.75, 3.05) is 23.4 Å². The van der Waals surface area contributed by atoms with E-state index in [1.54, 1.807) is 38.1 Å². The van der Waals surface area contributed by atoms with E-state index >= 15 is 0 Å². The molecule has 0 aromatic heterocycles. The topological polar surface area (TPSA) is 119 Å². The van der Waals surface area contributed by atoms with Gasteiger partial charge < -0.3 is 14.8 Å². The number of anilines is 2. The normalized spacial score (nSPS) is 12.2. The number of nitrogens with one attached hydrogen (secondary N) is 1. The molecule has 0 unspecified atom stereocenters. The molecule has 1 aliphatic rings. The van der Waals surface area contributed by atoms with Crippen molar-refractivity contribution < 1.29 is 33.4 Å². The summed E-state index contributed by atoms with van der Waals surface area (Å²) < 4.78 is 9.89. The Labute approximate surface area is 206 Å². The van der Waals surface area contributed by atoms with E-state index in [1.807, 2.05) is 0 Å². The van der Waals surface area contributed by atoms with Crippen molar-refractivity contribution in [1.29, 1.82) is 0 Å². The van der Waals surface area contributed by atoms with E-state index in [-0.39, 0.29) is 35.6 Å². The fraction of sp³-hybridized carbons (Fsp3) is 0.148. The zero-order valence-corrected chi connectivity index (χ0v) is 19.6. The van der Waals surface area contributed by atoms with Gasteiger partial charge in [-0.15, -0.1) is 0 Å². The Morgan fingerprint density at radius 3 is 1.83 bits per heavy atom. The maximum atomic E-state index is 13.0. The molecule has 0 bridgehead atoms. The van der Waals surface area contributed by atoms with Gasteiger partial charge in [0.2, 0.25) is 0 Å². The Morgan fingerprint density at radius 1 is 0.694 bits per heavy atom. The number of benzene rings is 3. The molecule has 3 aromatic carbocycles. The smallest absolute Gasteiger partial charge is 0.338 e. The number of carbonyl (C=O) groups excluding carboxylic acids is 5. The lowest BCUT2D eigenvalue weighted by Crippen LogP contribution is -2.29. The number of nitrogens with zero attached hydrogens (tertiary/aromatic N) is 1. The summed E-state index contributed by atoms with van der Waals surface area (Å²) in [6.07, 6.45) is 0. The van der Waals surface area contributed by atoms with Gasteiger partial charge in [-0.3, -0.25) is 14.4 Å². The van der Waals surface area contributed by atoms with E-state index in [0.29, 0.717) is 16.8 Å². The van der Waals surface area contributed by atoms with Crippen molar-refractivity contribution in [3.8, 4) is 0 Å². The van der Waals surface area contributed by atoms with Crippen LogP contribution in [-0.4, -0.2) is 42.9 Å². The van der Waals surface area contributed by atoms with Crippen LogP contribution in [0.2, 0.25) is 0 Å². The second-order valence-corrected chi connectivity index (χ2v) is 7.73. The highest BCUT2D eigenvalue weighted by Gasteiger charge is 2.37. The molecule has 0 radical (unpaired) electrons. The lowest BCUT2D eigenvalue weighted by molar-refractivity contribution is 0.0516. The maximum Gasteiger partial charge on any atom is 0.338 e. The molecule has 3 aromatic rings. The fourth-order valence-electron chi connectivity index (χ4n) is 3.69. The van der Waals surface area contributed by atoms with E-state index in [4.69, 9.17) is 9.47 Å². The molecule has 0 saturated carbocycles. The van der Waals surface area contributed by atoms with Crippen molar-refractivity contribution >= 4 is 41.0 Å². The second kappa shape index (κ2) is 10.2. The molecule has 182 valence electrons. The molecule has 9 nitrogen and oxygen atoms in total. The molecule has 4 rings (SSSR count). The summed E-state index contributed by atoms with van der Waals surface area (Å²) in [5, 5.41) is 2.72. The third-order valence-electron chi connectivity index (χ3n) is 5.44. The van der Waals surface area contributed by atoms with Crippen molar-refractivity contribution in [2.24, 2.45) is 0 Å². The minimum atomic E-state index is -0.579. The van der Waals surface area contributed by atoms with E-state index in [9.17, 15) is 24.0 Å². The number of imide groups is 1. The largest absolute Gasteiger partial charge is 0.462 e. The summed E-state index contributed by atoms with van der Waals surface area (Å²) >= 11 is 0. The molecule has 0 atom stereocenters. The van der Waals surface area contributed by atoms with Gasteiger partial charge in [-0.2, -0.15) is 0 Å². The Balaban J connectivity index is 1.47.